The summed E-state index contributed by atoms with van der Waals surface area (Å²) >= 11 is 0. The van der Waals surface area contributed by atoms with Crippen molar-refractivity contribution in [3.8, 4) is 5.75 Å². The van der Waals surface area contributed by atoms with Crippen LogP contribution in [0.1, 0.15) is 67.9 Å². The highest BCUT2D eigenvalue weighted by atomic mass is 16.5. The maximum absolute atomic E-state index is 12.2. The molecule has 1 aliphatic carbocycles. The number of fused-ring (bicyclic) bond motifs is 1. The lowest BCUT2D eigenvalue weighted by molar-refractivity contribution is -0.143. The van der Waals surface area contributed by atoms with Crippen LogP contribution >= 0.6 is 0 Å². The number of benzene rings is 2. The van der Waals surface area contributed by atoms with E-state index in [0.29, 0.717) is 19.6 Å². The number of nitrogens with zero attached hydrogens (tertiary/aromatic N) is 5. The molecule has 6 rings (SSSR count). The predicted molar refractivity (Wildman–Crippen MR) is 151 cm³/mol. The minimum absolute atomic E-state index is 0.105. The van der Waals surface area contributed by atoms with Crippen molar-refractivity contribution in [2.75, 3.05) is 18.0 Å². The van der Waals surface area contributed by atoms with Crippen LogP contribution in [-0.4, -0.2) is 43.5 Å². The molecule has 1 aliphatic heterocycles. The maximum Gasteiger partial charge on any atom is 0.307 e. The summed E-state index contributed by atoms with van der Waals surface area (Å²) in [6, 6.07) is 16.7. The van der Waals surface area contributed by atoms with E-state index < -0.39 is 11.9 Å². The monoisotopic (exact) mass is 527 g/mol. The topological polar surface area (TPSA) is 85.4 Å². The van der Waals surface area contributed by atoms with Crippen LogP contribution < -0.4 is 9.64 Å². The SMILES string of the molecule is Cn1ccc(COc2ccc3nc(C4CCCCC4C(=O)O)n(Cc4cccc(N5CCCCC5)c4)c3c2)n1. The highest BCUT2D eigenvalue weighted by Gasteiger charge is 2.35. The lowest BCUT2D eigenvalue weighted by Crippen LogP contribution is -2.29. The molecular weight excluding hydrogens is 490 g/mol. The van der Waals surface area contributed by atoms with Crippen LogP contribution in [0.25, 0.3) is 11.0 Å². The molecule has 39 heavy (non-hydrogen) atoms. The first-order valence-corrected chi connectivity index (χ1v) is 14.2. The molecule has 3 heterocycles. The van der Waals surface area contributed by atoms with E-state index in [1.165, 1.54) is 30.5 Å². The number of imidazole rings is 1. The Labute approximate surface area is 229 Å². The van der Waals surface area contributed by atoms with E-state index in [0.717, 1.165) is 60.7 Å². The van der Waals surface area contributed by atoms with Crippen molar-refractivity contribution in [3.05, 3.63) is 71.8 Å². The summed E-state index contributed by atoms with van der Waals surface area (Å²) in [7, 11) is 1.89. The zero-order valence-corrected chi connectivity index (χ0v) is 22.6. The van der Waals surface area contributed by atoms with Crippen LogP contribution in [0.3, 0.4) is 0 Å². The van der Waals surface area contributed by atoms with Crippen LogP contribution in [0.5, 0.6) is 5.75 Å². The average Bonchev–Trinajstić information content (AvgIpc) is 3.55. The third kappa shape index (κ3) is 5.51. The number of rotatable bonds is 8. The fourth-order valence-electron chi connectivity index (χ4n) is 6.28. The predicted octanol–water partition coefficient (Wildman–Crippen LogP) is 5.75. The maximum atomic E-state index is 12.2. The first-order valence-electron chi connectivity index (χ1n) is 14.2. The highest BCUT2D eigenvalue weighted by molar-refractivity contribution is 5.79. The molecule has 2 aliphatic rings. The number of carbonyl (C=O) groups is 1. The third-order valence-corrected chi connectivity index (χ3v) is 8.29. The molecule has 2 atom stereocenters. The molecule has 0 bridgehead atoms. The zero-order valence-electron chi connectivity index (χ0n) is 22.6. The number of ether oxygens (including phenoxy) is 1. The Morgan fingerprint density at radius 2 is 1.87 bits per heavy atom. The van der Waals surface area contributed by atoms with Gasteiger partial charge in [0.2, 0.25) is 0 Å². The van der Waals surface area contributed by atoms with Crippen LogP contribution in [0.4, 0.5) is 5.69 Å². The van der Waals surface area contributed by atoms with Gasteiger partial charge in [-0.1, -0.05) is 25.0 Å². The van der Waals surface area contributed by atoms with Crippen molar-refractivity contribution in [2.45, 2.75) is 64.0 Å². The number of hydrogen-bond donors (Lipinski definition) is 1. The molecule has 8 nitrogen and oxygen atoms in total. The van der Waals surface area contributed by atoms with Gasteiger partial charge < -0.3 is 19.3 Å². The smallest absolute Gasteiger partial charge is 0.307 e. The van der Waals surface area contributed by atoms with Crippen LogP contribution in [0.2, 0.25) is 0 Å². The molecule has 2 aromatic carbocycles. The summed E-state index contributed by atoms with van der Waals surface area (Å²) in [6.45, 7) is 3.22. The molecule has 8 heteroatoms. The minimum Gasteiger partial charge on any atom is -0.487 e. The number of aliphatic carboxylic acids is 1. The second-order valence-corrected chi connectivity index (χ2v) is 11.0. The van der Waals surface area contributed by atoms with Gasteiger partial charge in [-0.05, 0) is 68.0 Å². The molecule has 1 saturated carbocycles. The van der Waals surface area contributed by atoms with E-state index in [9.17, 15) is 9.90 Å². The highest BCUT2D eigenvalue weighted by Crippen LogP contribution is 2.39. The molecule has 1 N–H and O–H groups in total. The summed E-state index contributed by atoms with van der Waals surface area (Å²) in [4.78, 5) is 19.8. The molecule has 0 spiro atoms. The van der Waals surface area contributed by atoms with Gasteiger partial charge in [0.05, 0.1) is 22.6 Å². The van der Waals surface area contributed by atoms with Gasteiger partial charge in [-0.3, -0.25) is 9.48 Å². The standard InChI is InChI=1S/C31H37N5O3/c1-34-17-14-23(33-34)21-39-25-12-13-28-29(19-25)36(30(32-28)26-10-3-4-11-27(26)31(37)38)20-22-8-7-9-24(18-22)35-15-5-2-6-16-35/h7-9,12-14,17-19,26-27H,2-6,10-11,15-16,20-21H2,1H3,(H,37,38). The molecule has 0 radical (unpaired) electrons. The van der Waals surface area contributed by atoms with Crippen molar-refractivity contribution in [2.24, 2.45) is 13.0 Å². The van der Waals surface area contributed by atoms with Gasteiger partial charge in [-0.2, -0.15) is 5.10 Å². The van der Waals surface area contributed by atoms with Crippen molar-refractivity contribution >= 4 is 22.7 Å². The summed E-state index contributed by atoms with van der Waals surface area (Å²) in [5.41, 5.74) is 5.17. The summed E-state index contributed by atoms with van der Waals surface area (Å²) in [5, 5.41) is 14.5. The van der Waals surface area contributed by atoms with Crippen LogP contribution in [0.15, 0.2) is 54.7 Å². The Kier molecular flexibility index (Phi) is 7.26. The average molecular weight is 528 g/mol. The second kappa shape index (κ2) is 11.1. The second-order valence-electron chi connectivity index (χ2n) is 11.0. The number of hydrogen-bond acceptors (Lipinski definition) is 5. The summed E-state index contributed by atoms with van der Waals surface area (Å²) in [6.07, 6.45) is 9.21. The number of aromatic nitrogens is 4. The van der Waals surface area contributed by atoms with E-state index in [-0.39, 0.29) is 5.92 Å². The van der Waals surface area contributed by atoms with Gasteiger partial charge in [0.25, 0.3) is 0 Å². The van der Waals surface area contributed by atoms with Crippen molar-refractivity contribution in [1.29, 1.82) is 0 Å². The van der Waals surface area contributed by atoms with E-state index in [1.807, 2.05) is 37.5 Å². The van der Waals surface area contributed by atoms with Gasteiger partial charge in [0.1, 0.15) is 18.2 Å². The fourth-order valence-corrected chi connectivity index (χ4v) is 6.28. The molecule has 2 fully saturated rings. The molecule has 0 amide bonds. The Balaban J connectivity index is 1.37. The fraction of sp³-hybridized carbons (Fsp3) is 0.452. The van der Waals surface area contributed by atoms with Gasteiger partial charge in [0, 0.05) is 50.6 Å². The quantitative estimate of drug-likeness (QED) is 0.314. The molecule has 4 aromatic rings. The van der Waals surface area contributed by atoms with Gasteiger partial charge >= 0.3 is 5.97 Å². The number of anilines is 1. The Hall–Kier alpha value is -3.81. The normalized spacial score (nSPS) is 19.9. The number of aryl methyl sites for hydroxylation is 1. The summed E-state index contributed by atoms with van der Waals surface area (Å²) in [5.74, 6) is 0.397. The molecule has 204 valence electrons. The van der Waals surface area contributed by atoms with E-state index >= 15 is 0 Å². The minimum atomic E-state index is -0.718. The Morgan fingerprint density at radius 1 is 1.03 bits per heavy atom. The van der Waals surface area contributed by atoms with E-state index in [1.54, 1.807) is 4.68 Å². The number of carboxylic acid groups (broad SMARTS) is 1. The van der Waals surface area contributed by atoms with Gasteiger partial charge in [-0.15, -0.1) is 0 Å². The van der Waals surface area contributed by atoms with Gasteiger partial charge in [-0.25, -0.2) is 4.98 Å². The van der Waals surface area contributed by atoms with Crippen molar-refractivity contribution in [3.63, 3.8) is 0 Å². The third-order valence-electron chi connectivity index (χ3n) is 8.29. The van der Waals surface area contributed by atoms with E-state index in [2.05, 4.69) is 38.8 Å². The first-order chi connectivity index (χ1) is 19.0. The van der Waals surface area contributed by atoms with Crippen molar-refractivity contribution < 1.29 is 14.6 Å². The van der Waals surface area contributed by atoms with Gasteiger partial charge in [0.15, 0.2) is 0 Å². The largest absolute Gasteiger partial charge is 0.487 e. The summed E-state index contributed by atoms with van der Waals surface area (Å²) < 4.78 is 10.1. The number of piperidine rings is 1. The first kappa shape index (κ1) is 25.5. The lowest BCUT2D eigenvalue weighted by atomic mass is 9.78. The van der Waals surface area contributed by atoms with Crippen molar-refractivity contribution in [1.82, 2.24) is 19.3 Å². The lowest BCUT2D eigenvalue weighted by Gasteiger charge is -2.30. The molecule has 2 unspecified atom stereocenters. The zero-order chi connectivity index (χ0) is 26.8. The number of carboxylic acids is 1. The molecular formula is C31H37N5O3. The Morgan fingerprint density at radius 3 is 2.67 bits per heavy atom. The Bertz CT molecular complexity index is 1450. The molecule has 2 aromatic heterocycles. The van der Waals surface area contributed by atoms with E-state index in [4.69, 9.17) is 9.72 Å². The molecule has 1 saturated heterocycles. The van der Waals surface area contributed by atoms with Crippen LogP contribution in [0, 0.1) is 5.92 Å². The van der Waals surface area contributed by atoms with Crippen LogP contribution in [-0.2, 0) is 25.0 Å².